The van der Waals surface area contributed by atoms with Crippen molar-refractivity contribution in [3.05, 3.63) is 80.9 Å². The number of amides is 2. The third kappa shape index (κ3) is 6.86. The van der Waals surface area contributed by atoms with Gasteiger partial charge in [-0.3, -0.25) is 24.2 Å². The van der Waals surface area contributed by atoms with Gasteiger partial charge in [-0.25, -0.2) is 9.97 Å². The first-order valence-electron chi connectivity index (χ1n) is 18.4. The number of fused-ring (bicyclic) bond motifs is 4. The van der Waals surface area contributed by atoms with E-state index >= 15 is 0 Å². The molecule has 12 nitrogen and oxygen atoms in total. The number of carboxylic acids is 1. The molecule has 2 aliphatic heterocycles. The second-order valence-corrected chi connectivity index (χ2v) is 16.1. The molecule has 2 bridgehead atoms. The lowest BCUT2D eigenvalue weighted by Gasteiger charge is -2.32. The van der Waals surface area contributed by atoms with Crippen LogP contribution in [0.5, 0.6) is 0 Å². The number of hydrogen-bond acceptors (Lipinski definition) is 7. The number of aliphatic carboxylic acids is 1. The molecule has 2 saturated carbocycles. The molecule has 2 aliphatic carbocycles. The topological polar surface area (TPSA) is 138 Å². The minimum Gasteiger partial charge on any atom is -0.480 e. The van der Waals surface area contributed by atoms with Crippen molar-refractivity contribution in [2.75, 3.05) is 36.8 Å². The van der Waals surface area contributed by atoms with Crippen molar-refractivity contribution in [2.45, 2.75) is 64.5 Å². The van der Waals surface area contributed by atoms with Gasteiger partial charge in [-0.15, -0.1) is 0 Å². The van der Waals surface area contributed by atoms with E-state index in [1.54, 1.807) is 46.8 Å². The van der Waals surface area contributed by atoms with Gasteiger partial charge in [-0.05, 0) is 68.5 Å². The van der Waals surface area contributed by atoms with Crippen LogP contribution in [0.4, 0.5) is 11.4 Å². The predicted octanol–water partition coefficient (Wildman–Crippen LogP) is 6.40. The molecule has 0 atom stereocenters. The number of aromatic nitrogens is 4. The molecular weight excluding hydrogens is 715 g/mol. The van der Waals surface area contributed by atoms with Gasteiger partial charge in [0, 0.05) is 75.6 Å². The molecule has 2 aromatic heterocycles. The van der Waals surface area contributed by atoms with E-state index < -0.39 is 11.9 Å². The fraction of sp³-hybridized carbons (Fsp3) is 0.462. The monoisotopic (exact) mass is 758 g/mol. The highest BCUT2D eigenvalue weighted by Crippen LogP contribution is 2.56. The number of hydrogen-bond donors (Lipinski definition) is 3. The van der Waals surface area contributed by atoms with Crippen LogP contribution in [0.2, 0.25) is 10.0 Å². The second-order valence-electron chi connectivity index (χ2n) is 15.3. The predicted molar refractivity (Wildman–Crippen MR) is 203 cm³/mol. The molecule has 0 spiro atoms. The number of carbonyl (C=O) groups excluding carboxylic acids is 2. The zero-order valence-electron chi connectivity index (χ0n) is 30.1. The molecule has 0 saturated heterocycles. The van der Waals surface area contributed by atoms with Crippen molar-refractivity contribution < 1.29 is 19.5 Å². The van der Waals surface area contributed by atoms with Gasteiger partial charge in [0.1, 0.15) is 0 Å². The van der Waals surface area contributed by atoms with Gasteiger partial charge >= 0.3 is 5.97 Å². The molecule has 0 unspecified atom stereocenters. The number of rotatable bonds is 10. The lowest BCUT2D eigenvalue weighted by molar-refractivity contribution is -0.138. The summed E-state index contributed by atoms with van der Waals surface area (Å²) in [7, 11) is 3.68. The summed E-state index contributed by atoms with van der Waals surface area (Å²) in [6, 6.07) is 10.6. The Morgan fingerprint density at radius 3 is 1.81 bits per heavy atom. The summed E-state index contributed by atoms with van der Waals surface area (Å²) in [5.41, 5.74) is 6.16. The molecule has 4 heterocycles. The Bertz CT molecular complexity index is 2120. The first-order chi connectivity index (χ1) is 25.5. The Hall–Kier alpha value is -4.23. The Morgan fingerprint density at radius 1 is 0.811 bits per heavy atom. The molecule has 53 heavy (non-hydrogen) atoms. The number of nitrogens with zero attached hydrogens (tertiary/aromatic N) is 6. The number of halogens is 2. The summed E-state index contributed by atoms with van der Waals surface area (Å²) in [5, 5.41) is 15.6. The lowest BCUT2D eigenvalue weighted by atomic mass is 9.81. The van der Waals surface area contributed by atoms with Crippen molar-refractivity contribution in [1.82, 2.24) is 28.9 Å². The van der Waals surface area contributed by atoms with Crippen molar-refractivity contribution in [2.24, 2.45) is 25.4 Å². The largest absolute Gasteiger partial charge is 0.480 e. The highest BCUT2D eigenvalue weighted by atomic mass is 35.5. The molecule has 3 N–H and O–H groups in total. The fourth-order valence-electron chi connectivity index (χ4n) is 9.18. The van der Waals surface area contributed by atoms with E-state index in [0.717, 1.165) is 49.1 Å². The minimum atomic E-state index is -0.904. The Labute approximate surface area is 318 Å². The zero-order chi connectivity index (χ0) is 37.0. The van der Waals surface area contributed by atoms with E-state index in [0.29, 0.717) is 64.0 Å². The molecule has 278 valence electrons. The van der Waals surface area contributed by atoms with Crippen LogP contribution in [0.3, 0.4) is 0 Å². The van der Waals surface area contributed by atoms with E-state index in [1.165, 1.54) is 38.5 Å². The van der Waals surface area contributed by atoms with Gasteiger partial charge in [0.2, 0.25) is 0 Å². The normalized spacial score (nSPS) is 21.0. The van der Waals surface area contributed by atoms with Crippen molar-refractivity contribution in [3.63, 3.8) is 0 Å². The summed E-state index contributed by atoms with van der Waals surface area (Å²) in [4.78, 5) is 52.0. The molecule has 14 heteroatoms. The highest BCUT2D eigenvalue weighted by molar-refractivity contribution is 6.40. The average molecular weight is 760 g/mol. The average Bonchev–Trinajstić information content (AvgIpc) is 3.91. The van der Waals surface area contributed by atoms with E-state index in [-0.39, 0.29) is 23.3 Å². The first kappa shape index (κ1) is 35.8. The van der Waals surface area contributed by atoms with Crippen LogP contribution in [0, 0.1) is 11.3 Å². The molecule has 4 aliphatic rings. The van der Waals surface area contributed by atoms with Crippen LogP contribution in [0.25, 0.3) is 11.1 Å². The second kappa shape index (κ2) is 14.2. The number of nitrogens with one attached hydrogen (secondary N) is 2. The summed E-state index contributed by atoms with van der Waals surface area (Å²) in [5.74, 6) is -0.186. The van der Waals surface area contributed by atoms with Crippen molar-refractivity contribution in [1.29, 1.82) is 0 Å². The van der Waals surface area contributed by atoms with Crippen LogP contribution in [-0.4, -0.2) is 78.0 Å². The molecule has 0 radical (unpaired) electrons. The van der Waals surface area contributed by atoms with Crippen LogP contribution < -0.4 is 10.6 Å². The third-order valence-electron chi connectivity index (χ3n) is 12.1. The zero-order valence-corrected chi connectivity index (χ0v) is 31.6. The van der Waals surface area contributed by atoms with E-state index in [1.807, 2.05) is 17.7 Å². The number of imidazole rings is 2. The van der Waals surface area contributed by atoms with Gasteiger partial charge < -0.3 is 24.9 Å². The number of carbonyl (C=O) groups is 3. The maximum Gasteiger partial charge on any atom is 0.317 e. The standard InChI is InChI=1S/C39H44Cl2N8O4/c1-46-30-11-16-48(18-15-39-13-9-23(19-39)10-14-39)20-28(30)42-35(46)37(52)44-26-7-3-5-24(33(26)40)25-6-4-8-27(34(25)41)45-38(53)36-43-29-21-49(22-32(50)51)17-12-31(29)47(36)2/h3-8,23H,9-22H2,1-2H3,(H,44,52)(H,45,53)(H,50,51). The number of carboxylic acid groups (broad SMARTS) is 1. The SMILES string of the molecule is Cn1c(C(=O)Nc2cccc(-c3cccc(NC(=O)c4nc5c(n4C)CCN(CC(=O)O)C5)c3Cl)c2Cl)nc2c1CCN(CCC13CCC(CC1)C3)C2. The molecule has 4 aromatic rings. The smallest absolute Gasteiger partial charge is 0.317 e. The van der Waals surface area contributed by atoms with Crippen LogP contribution in [0.15, 0.2) is 36.4 Å². The molecular formula is C39H44Cl2N8O4. The maximum absolute atomic E-state index is 13.7. The van der Waals surface area contributed by atoms with Gasteiger partial charge in [0.05, 0.1) is 39.4 Å². The van der Waals surface area contributed by atoms with Gasteiger partial charge in [-0.2, -0.15) is 0 Å². The highest BCUT2D eigenvalue weighted by Gasteiger charge is 2.44. The Balaban J connectivity index is 0.954. The Kier molecular flexibility index (Phi) is 9.59. The first-order valence-corrected chi connectivity index (χ1v) is 19.2. The summed E-state index contributed by atoms with van der Waals surface area (Å²) >= 11 is 13.9. The lowest BCUT2D eigenvalue weighted by Crippen LogP contribution is -2.35. The summed E-state index contributed by atoms with van der Waals surface area (Å²) < 4.78 is 3.65. The molecule has 2 fully saturated rings. The quantitative estimate of drug-likeness (QED) is 0.169. The van der Waals surface area contributed by atoms with Crippen LogP contribution >= 0.6 is 23.2 Å². The number of anilines is 2. The fourth-order valence-corrected chi connectivity index (χ4v) is 9.73. The summed E-state index contributed by atoms with van der Waals surface area (Å²) in [6.07, 6.45) is 9.69. The van der Waals surface area contributed by atoms with Crippen molar-refractivity contribution >= 4 is 52.4 Å². The van der Waals surface area contributed by atoms with E-state index in [4.69, 9.17) is 28.2 Å². The van der Waals surface area contributed by atoms with Gasteiger partial charge in [0.15, 0.2) is 11.6 Å². The van der Waals surface area contributed by atoms with Crippen molar-refractivity contribution in [3.8, 4) is 11.1 Å². The summed E-state index contributed by atoms with van der Waals surface area (Å²) in [6.45, 7) is 3.64. The van der Waals surface area contributed by atoms with Gasteiger partial charge in [0.25, 0.3) is 11.8 Å². The van der Waals surface area contributed by atoms with E-state index in [9.17, 15) is 19.5 Å². The van der Waals surface area contributed by atoms with Crippen LogP contribution in [-0.2, 0) is 44.8 Å². The third-order valence-corrected chi connectivity index (χ3v) is 12.9. The minimum absolute atomic E-state index is 0.0855. The Morgan fingerprint density at radius 2 is 1.32 bits per heavy atom. The number of benzene rings is 2. The maximum atomic E-state index is 13.7. The molecule has 8 rings (SSSR count). The van der Waals surface area contributed by atoms with Crippen LogP contribution in [0.1, 0.15) is 82.5 Å². The van der Waals surface area contributed by atoms with Gasteiger partial charge in [-0.1, -0.05) is 47.5 Å². The van der Waals surface area contributed by atoms with E-state index in [2.05, 4.69) is 20.5 Å². The molecule has 2 aromatic carbocycles. The molecule has 2 amide bonds.